The number of urea groups is 1. The van der Waals surface area contributed by atoms with Crippen molar-refractivity contribution in [1.82, 2.24) is 29.4 Å². The molecule has 5 heterocycles. The SMILES string of the molecule is Cc1nn(C)c(C)c1CCN(C)C(=O)C1CCN(C(=O)N2CC3CC(C2)[C@H]2CCCC(=O)N2C3)CC1. The number of carbonyl (C=O) groups excluding carboxylic acids is 3. The van der Waals surface area contributed by atoms with Gasteiger partial charge in [0.25, 0.3) is 0 Å². The number of aryl methyl sites for hydroxylation is 2. The van der Waals surface area contributed by atoms with Crippen LogP contribution in [0.15, 0.2) is 0 Å². The summed E-state index contributed by atoms with van der Waals surface area (Å²) in [7, 11) is 3.85. The van der Waals surface area contributed by atoms with Crippen LogP contribution >= 0.6 is 0 Å². The van der Waals surface area contributed by atoms with Gasteiger partial charge in [0.2, 0.25) is 11.8 Å². The van der Waals surface area contributed by atoms with Gasteiger partial charge in [-0.1, -0.05) is 0 Å². The van der Waals surface area contributed by atoms with Gasteiger partial charge < -0.3 is 19.6 Å². The molecule has 2 unspecified atom stereocenters. The smallest absolute Gasteiger partial charge is 0.320 e. The molecule has 9 nitrogen and oxygen atoms in total. The van der Waals surface area contributed by atoms with Gasteiger partial charge in [0, 0.05) is 77.4 Å². The van der Waals surface area contributed by atoms with Crippen LogP contribution in [0.3, 0.4) is 0 Å². The van der Waals surface area contributed by atoms with Gasteiger partial charge in [0.1, 0.15) is 0 Å². The van der Waals surface area contributed by atoms with E-state index in [4.69, 9.17) is 0 Å². The molecule has 36 heavy (non-hydrogen) atoms. The van der Waals surface area contributed by atoms with Crippen molar-refractivity contribution in [2.24, 2.45) is 24.8 Å². The topological polar surface area (TPSA) is 82.0 Å². The van der Waals surface area contributed by atoms with Crippen molar-refractivity contribution in [1.29, 1.82) is 0 Å². The maximum atomic E-state index is 13.4. The van der Waals surface area contributed by atoms with Gasteiger partial charge in [0.05, 0.1) is 5.69 Å². The largest absolute Gasteiger partial charge is 0.345 e. The van der Waals surface area contributed by atoms with E-state index >= 15 is 0 Å². The van der Waals surface area contributed by atoms with Crippen molar-refractivity contribution in [3.05, 3.63) is 17.0 Å². The van der Waals surface area contributed by atoms with Crippen LogP contribution in [-0.4, -0.2) is 99.6 Å². The molecule has 4 saturated heterocycles. The lowest BCUT2D eigenvalue weighted by molar-refractivity contribution is -0.144. The quantitative estimate of drug-likeness (QED) is 0.637. The summed E-state index contributed by atoms with van der Waals surface area (Å²) in [5, 5.41) is 4.48. The van der Waals surface area contributed by atoms with E-state index in [1.807, 2.05) is 40.4 Å². The molecule has 4 fully saturated rings. The first-order chi connectivity index (χ1) is 17.2. The zero-order chi connectivity index (χ0) is 25.6. The predicted octanol–water partition coefficient (Wildman–Crippen LogP) is 2.20. The van der Waals surface area contributed by atoms with E-state index in [0.717, 1.165) is 69.5 Å². The molecular formula is C27H42N6O3. The lowest BCUT2D eigenvalue weighted by Crippen LogP contribution is -2.62. The van der Waals surface area contributed by atoms with Gasteiger partial charge in [-0.15, -0.1) is 0 Å². The highest BCUT2D eigenvalue weighted by Crippen LogP contribution is 2.38. The minimum Gasteiger partial charge on any atom is -0.345 e. The minimum absolute atomic E-state index is 0.0160. The van der Waals surface area contributed by atoms with Crippen LogP contribution in [0.2, 0.25) is 0 Å². The number of hydrogen-bond donors (Lipinski definition) is 0. The summed E-state index contributed by atoms with van der Waals surface area (Å²) in [5.41, 5.74) is 3.42. The van der Waals surface area contributed by atoms with Crippen LogP contribution in [-0.2, 0) is 23.1 Å². The zero-order valence-corrected chi connectivity index (χ0v) is 22.4. The van der Waals surface area contributed by atoms with Crippen molar-refractivity contribution in [3.8, 4) is 0 Å². The first-order valence-corrected chi connectivity index (χ1v) is 13.8. The standard InChI is InChI=1S/C27H42N6O3/c1-18-23(19(2)30(4)28-18)10-11-29(3)26(35)21-8-12-31(13-9-21)27(36)32-15-20-14-22(17-32)24-6-5-7-25(34)33(24)16-20/h20-22,24H,5-17H2,1-4H3/t20?,22?,24-/m1/s1. The van der Waals surface area contributed by atoms with Crippen LogP contribution in [0, 0.1) is 31.6 Å². The third-order valence-corrected chi connectivity index (χ3v) is 9.30. The van der Waals surface area contributed by atoms with Crippen molar-refractivity contribution in [3.63, 3.8) is 0 Å². The zero-order valence-electron chi connectivity index (χ0n) is 22.4. The highest BCUT2D eigenvalue weighted by Gasteiger charge is 2.45. The number of likely N-dealkylation sites (tertiary alicyclic amines) is 2. The fraction of sp³-hybridized carbons (Fsp3) is 0.778. The molecule has 1 aromatic heterocycles. The van der Waals surface area contributed by atoms with E-state index < -0.39 is 0 Å². The van der Waals surface area contributed by atoms with E-state index in [2.05, 4.69) is 16.9 Å². The average Bonchev–Trinajstić information content (AvgIpc) is 3.12. The Labute approximate surface area is 214 Å². The lowest BCUT2D eigenvalue weighted by atomic mass is 9.76. The molecule has 4 aliphatic rings. The molecule has 9 heteroatoms. The highest BCUT2D eigenvalue weighted by molar-refractivity contribution is 5.80. The summed E-state index contributed by atoms with van der Waals surface area (Å²) < 4.78 is 1.90. The van der Waals surface area contributed by atoms with Crippen molar-refractivity contribution < 1.29 is 14.4 Å². The van der Waals surface area contributed by atoms with Crippen molar-refractivity contribution >= 4 is 17.8 Å². The summed E-state index contributed by atoms with van der Waals surface area (Å²) in [6.45, 7) is 8.39. The van der Waals surface area contributed by atoms with E-state index in [1.54, 1.807) is 0 Å². The third-order valence-electron chi connectivity index (χ3n) is 9.30. The predicted molar refractivity (Wildman–Crippen MR) is 136 cm³/mol. The Hall–Kier alpha value is -2.58. The number of likely N-dealkylation sites (N-methyl/N-ethyl adjacent to an activating group) is 1. The van der Waals surface area contributed by atoms with Gasteiger partial charge in [-0.2, -0.15) is 5.10 Å². The molecule has 5 rings (SSSR count). The summed E-state index contributed by atoms with van der Waals surface area (Å²) in [6.07, 6.45) is 6.14. The number of piperidine rings is 4. The van der Waals surface area contributed by atoms with E-state index in [-0.39, 0.29) is 17.9 Å². The second-order valence-electron chi connectivity index (χ2n) is 11.6. The number of hydrogen-bond acceptors (Lipinski definition) is 4. The summed E-state index contributed by atoms with van der Waals surface area (Å²) in [5.74, 6) is 1.29. The summed E-state index contributed by atoms with van der Waals surface area (Å²) >= 11 is 0. The Morgan fingerprint density at radius 2 is 1.81 bits per heavy atom. The molecule has 0 aromatic carbocycles. The molecule has 2 bridgehead atoms. The van der Waals surface area contributed by atoms with Crippen molar-refractivity contribution in [2.75, 3.05) is 46.3 Å². The average molecular weight is 499 g/mol. The maximum Gasteiger partial charge on any atom is 0.320 e. The Morgan fingerprint density at radius 3 is 2.50 bits per heavy atom. The fourth-order valence-electron chi connectivity index (χ4n) is 7.16. The molecule has 0 N–H and O–H groups in total. The molecule has 0 radical (unpaired) electrons. The number of nitrogens with zero attached hydrogens (tertiary/aromatic N) is 6. The van der Waals surface area contributed by atoms with E-state index in [0.29, 0.717) is 49.8 Å². The molecule has 198 valence electrons. The van der Waals surface area contributed by atoms with Crippen LogP contribution in [0.25, 0.3) is 0 Å². The Morgan fingerprint density at radius 1 is 1.06 bits per heavy atom. The first kappa shape index (κ1) is 25.1. The summed E-state index contributed by atoms with van der Waals surface area (Å²) in [6, 6.07) is 0.443. The Kier molecular flexibility index (Phi) is 7.01. The number of fused-ring (bicyclic) bond motifs is 4. The molecule has 4 amide bonds. The minimum atomic E-state index is -0.0160. The summed E-state index contributed by atoms with van der Waals surface area (Å²) in [4.78, 5) is 46.9. The molecule has 0 aliphatic carbocycles. The van der Waals surface area contributed by atoms with Crippen LogP contribution in [0.1, 0.15) is 55.5 Å². The van der Waals surface area contributed by atoms with Gasteiger partial charge in [0.15, 0.2) is 0 Å². The van der Waals surface area contributed by atoms with Crippen LogP contribution in [0.4, 0.5) is 4.79 Å². The van der Waals surface area contributed by atoms with Gasteiger partial charge in [-0.25, -0.2) is 4.79 Å². The molecule has 0 spiro atoms. The van der Waals surface area contributed by atoms with Crippen molar-refractivity contribution in [2.45, 2.75) is 64.8 Å². The van der Waals surface area contributed by atoms with Gasteiger partial charge >= 0.3 is 6.03 Å². The van der Waals surface area contributed by atoms with Gasteiger partial charge in [-0.3, -0.25) is 14.3 Å². The maximum absolute atomic E-state index is 13.4. The fourth-order valence-corrected chi connectivity index (χ4v) is 7.16. The van der Waals surface area contributed by atoms with E-state index in [1.165, 1.54) is 5.56 Å². The van der Waals surface area contributed by atoms with Crippen LogP contribution < -0.4 is 0 Å². The van der Waals surface area contributed by atoms with E-state index in [9.17, 15) is 14.4 Å². The first-order valence-electron chi connectivity index (χ1n) is 13.8. The molecule has 0 saturated carbocycles. The monoisotopic (exact) mass is 498 g/mol. The highest BCUT2D eigenvalue weighted by atomic mass is 16.2. The Balaban J connectivity index is 1.11. The molecule has 1 aromatic rings. The lowest BCUT2D eigenvalue weighted by Gasteiger charge is -2.53. The third kappa shape index (κ3) is 4.73. The second kappa shape index (κ2) is 10.1. The number of carbonyl (C=O) groups is 3. The molecule has 3 atom stereocenters. The normalized spacial score (nSPS) is 26.7. The molecular weight excluding hydrogens is 456 g/mol. The number of aromatic nitrogens is 2. The van der Waals surface area contributed by atoms with Gasteiger partial charge in [-0.05, 0) is 69.8 Å². The number of amides is 4. The number of rotatable bonds is 4. The second-order valence-corrected chi connectivity index (χ2v) is 11.6. The molecule has 4 aliphatic heterocycles. The Bertz CT molecular complexity index is 1010. The van der Waals surface area contributed by atoms with Crippen LogP contribution in [0.5, 0.6) is 0 Å².